The molecular weight excluding hydrogens is 673 g/mol. The molecule has 1 fully saturated rings. The third-order valence-electron chi connectivity index (χ3n) is 10.8. The molecule has 8 aromatic rings. The van der Waals surface area contributed by atoms with Crippen LogP contribution >= 0.6 is 0 Å². The van der Waals surface area contributed by atoms with Gasteiger partial charge in [0.2, 0.25) is 0 Å². The molecule has 2 aromatic heterocycles. The van der Waals surface area contributed by atoms with Crippen molar-refractivity contribution in [1.29, 1.82) is 0 Å². The van der Waals surface area contributed by atoms with Gasteiger partial charge in [-0.1, -0.05) is 170 Å². The molecule has 3 atom stereocenters. The molecule has 6 nitrogen and oxygen atoms in total. The second kappa shape index (κ2) is 14.1. The van der Waals surface area contributed by atoms with Crippen molar-refractivity contribution in [2.75, 3.05) is 0 Å². The Morgan fingerprint density at radius 2 is 0.691 bits per heavy atom. The second-order valence-electron chi connectivity index (χ2n) is 14.4. The normalized spacial score (nSPS) is 17.1. The number of benzene rings is 6. The molecule has 0 aliphatic heterocycles. The number of hydrogen-bond donors (Lipinski definition) is 0. The second-order valence-corrected chi connectivity index (χ2v) is 14.4. The number of hydrogen-bond acceptors (Lipinski definition) is 6. The summed E-state index contributed by atoms with van der Waals surface area (Å²) in [6.07, 6.45) is 7.35. The zero-order valence-corrected chi connectivity index (χ0v) is 30.1. The topological polar surface area (TPSA) is 77.3 Å². The predicted molar refractivity (Wildman–Crippen MR) is 219 cm³/mol. The maximum atomic E-state index is 5.06. The van der Waals surface area contributed by atoms with Crippen molar-refractivity contribution in [3.8, 4) is 79.5 Å². The van der Waals surface area contributed by atoms with Gasteiger partial charge in [-0.15, -0.1) is 0 Å². The molecule has 262 valence electrons. The Hall–Kier alpha value is -6.92. The van der Waals surface area contributed by atoms with Crippen molar-refractivity contribution in [3.63, 3.8) is 0 Å². The monoisotopic (exact) mass is 708 g/mol. The van der Waals surface area contributed by atoms with E-state index < -0.39 is 0 Å². The van der Waals surface area contributed by atoms with Crippen molar-refractivity contribution < 1.29 is 0 Å². The van der Waals surface area contributed by atoms with Crippen LogP contribution < -0.4 is 0 Å². The molecule has 0 saturated heterocycles. The first kappa shape index (κ1) is 32.7. The summed E-state index contributed by atoms with van der Waals surface area (Å²) < 4.78 is 0. The van der Waals surface area contributed by atoms with Crippen LogP contribution in [0.1, 0.15) is 24.3 Å². The highest BCUT2D eigenvalue weighted by atomic mass is 15.0. The highest BCUT2D eigenvalue weighted by molar-refractivity contribution is 5.75. The van der Waals surface area contributed by atoms with E-state index in [4.69, 9.17) is 29.9 Å². The number of nitrogens with zero attached hydrogens (tertiary/aromatic N) is 6. The fraction of sp³-hybridized carbons (Fsp3) is 0.102. The quantitative estimate of drug-likeness (QED) is 0.146. The van der Waals surface area contributed by atoms with Gasteiger partial charge >= 0.3 is 0 Å². The molecule has 6 heteroatoms. The van der Waals surface area contributed by atoms with Gasteiger partial charge in [0.15, 0.2) is 34.9 Å². The Bertz CT molecular complexity index is 2580. The van der Waals surface area contributed by atoms with E-state index >= 15 is 0 Å². The molecule has 0 spiro atoms. The first-order valence-corrected chi connectivity index (χ1v) is 18.9. The molecule has 2 aliphatic rings. The smallest absolute Gasteiger partial charge is 0.164 e. The number of rotatable bonds is 8. The Morgan fingerprint density at radius 1 is 0.309 bits per heavy atom. The van der Waals surface area contributed by atoms with Gasteiger partial charge in [-0.2, -0.15) is 0 Å². The van der Waals surface area contributed by atoms with Gasteiger partial charge in [-0.25, -0.2) is 29.9 Å². The van der Waals surface area contributed by atoms with Crippen LogP contribution in [0.5, 0.6) is 0 Å². The van der Waals surface area contributed by atoms with Crippen LogP contribution in [0.15, 0.2) is 176 Å². The van der Waals surface area contributed by atoms with Crippen molar-refractivity contribution in [1.82, 2.24) is 29.9 Å². The minimum Gasteiger partial charge on any atom is -0.208 e. The van der Waals surface area contributed by atoms with Crippen LogP contribution in [0, 0.1) is 11.8 Å². The van der Waals surface area contributed by atoms with Crippen LogP contribution in [0.25, 0.3) is 79.5 Å². The summed E-state index contributed by atoms with van der Waals surface area (Å²) in [5.74, 6) is 5.86. The van der Waals surface area contributed by atoms with Crippen LogP contribution in [0.4, 0.5) is 0 Å². The van der Waals surface area contributed by atoms with E-state index in [9.17, 15) is 0 Å². The Labute approximate surface area is 320 Å². The first-order valence-electron chi connectivity index (χ1n) is 18.9. The van der Waals surface area contributed by atoms with Crippen LogP contribution in [0.2, 0.25) is 0 Å². The predicted octanol–water partition coefficient (Wildman–Crippen LogP) is 11.4. The van der Waals surface area contributed by atoms with E-state index in [1.165, 1.54) is 18.4 Å². The van der Waals surface area contributed by atoms with Gasteiger partial charge in [0, 0.05) is 33.4 Å². The molecule has 0 amide bonds. The number of allylic oxidation sites excluding steroid dienone is 2. The lowest BCUT2D eigenvalue weighted by Crippen LogP contribution is -2.05. The molecule has 2 aliphatic carbocycles. The first-order chi connectivity index (χ1) is 27.2. The molecule has 2 heterocycles. The van der Waals surface area contributed by atoms with Gasteiger partial charge in [-0.05, 0) is 53.4 Å². The molecule has 0 radical (unpaired) electrons. The summed E-state index contributed by atoms with van der Waals surface area (Å²) in [5.41, 5.74) is 9.18. The van der Waals surface area contributed by atoms with Gasteiger partial charge in [-0.3, -0.25) is 0 Å². The van der Waals surface area contributed by atoms with E-state index in [1.54, 1.807) is 0 Å². The molecule has 2 bridgehead atoms. The van der Waals surface area contributed by atoms with Gasteiger partial charge < -0.3 is 0 Å². The van der Waals surface area contributed by atoms with E-state index in [0.717, 1.165) is 50.4 Å². The summed E-state index contributed by atoms with van der Waals surface area (Å²) in [4.78, 5) is 29.7. The van der Waals surface area contributed by atoms with E-state index in [-0.39, 0.29) is 0 Å². The molecular formula is C49H36N6. The molecule has 55 heavy (non-hydrogen) atoms. The van der Waals surface area contributed by atoms with Crippen LogP contribution in [-0.4, -0.2) is 29.9 Å². The minimum absolute atomic E-state index is 0.602. The van der Waals surface area contributed by atoms with Gasteiger partial charge in [0.25, 0.3) is 0 Å². The van der Waals surface area contributed by atoms with Gasteiger partial charge in [0.1, 0.15) is 0 Å². The molecule has 1 saturated carbocycles. The summed E-state index contributed by atoms with van der Waals surface area (Å²) >= 11 is 0. The Kier molecular flexibility index (Phi) is 8.41. The van der Waals surface area contributed by atoms with Crippen molar-refractivity contribution in [3.05, 3.63) is 182 Å². The molecule has 0 N–H and O–H groups in total. The number of fused-ring (bicyclic) bond motifs is 2. The lowest BCUT2D eigenvalue weighted by Gasteiger charge is -2.18. The molecule has 10 rings (SSSR count). The van der Waals surface area contributed by atoms with Gasteiger partial charge in [0.05, 0.1) is 0 Å². The zero-order valence-electron chi connectivity index (χ0n) is 30.1. The third-order valence-corrected chi connectivity index (χ3v) is 10.8. The highest BCUT2D eigenvalue weighted by Crippen LogP contribution is 2.49. The van der Waals surface area contributed by atoms with Crippen molar-refractivity contribution in [2.24, 2.45) is 11.8 Å². The SMILES string of the molecule is C1=CC2CC1CC2c1ccc(-c2nc(-c3ccccc3)nc(-c3cccc(-c4ccc(-c5nc(-c6ccccc6)nc(-c6ccccc6)n5)cc4)c3)n2)cc1. The fourth-order valence-electron chi connectivity index (χ4n) is 7.98. The maximum Gasteiger partial charge on any atom is 0.164 e. The zero-order chi connectivity index (χ0) is 36.6. The minimum atomic E-state index is 0.602. The fourth-order valence-corrected chi connectivity index (χ4v) is 7.98. The van der Waals surface area contributed by atoms with E-state index in [1.807, 2.05) is 91.0 Å². The van der Waals surface area contributed by atoms with Crippen molar-refractivity contribution in [2.45, 2.75) is 18.8 Å². The maximum absolute atomic E-state index is 5.06. The lowest BCUT2D eigenvalue weighted by molar-refractivity contribution is 0.586. The Morgan fingerprint density at radius 3 is 1.13 bits per heavy atom. The number of aromatic nitrogens is 6. The third kappa shape index (κ3) is 6.64. The van der Waals surface area contributed by atoms with Crippen LogP contribution in [-0.2, 0) is 0 Å². The standard InChI is InChI=1S/C49H36N6/c1-4-11-35(12-5-1)44-50-45(36-13-6-2-7-14-36)52-47(51-44)38-25-21-33(22-26-38)40-17-10-18-42(31-40)49-54-46(37-15-8-3-9-16-37)53-48(55-49)39-27-23-34(24-28-39)43-30-32-19-20-41(43)29-32/h1-28,31-32,41,43H,29-30H2. The lowest BCUT2D eigenvalue weighted by atomic mass is 9.86. The van der Waals surface area contributed by atoms with E-state index in [2.05, 4.69) is 84.9 Å². The summed E-state index contributed by atoms with van der Waals surface area (Å²) in [7, 11) is 0. The molecule has 3 unspecified atom stereocenters. The average molecular weight is 709 g/mol. The van der Waals surface area contributed by atoms with Crippen LogP contribution in [0.3, 0.4) is 0 Å². The summed E-state index contributed by atoms with van der Waals surface area (Å²) in [5, 5.41) is 0. The Balaban J connectivity index is 0.982. The summed E-state index contributed by atoms with van der Waals surface area (Å²) in [6, 6.07) is 55.9. The highest BCUT2D eigenvalue weighted by Gasteiger charge is 2.36. The van der Waals surface area contributed by atoms with Crippen molar-refractivity contribution >= 4 is 0 Å². The largest absolute Gasteiger partial charge is 0.208 e. The average Bonchev–Trinajstić information content (AvgIpc) is 3.92. The van der Waals surface area contributed by atoms with E-state index in [0.29, 0.717) is 46.8 Å². The summed E-state index contributed by atoms with van der Waals surface area (Å²) in [6.45, 7) is 0. The molecule has 6 aromatic carbocycles.